The molecule has 21 heavy (non-hydrogen) atoms. The number of nitrogens with one attached hydrogen (secondary N) is 1. The summed E-state index contributed by atoms with van der Waals surface area (Å²) in [7, 11) is 0. The van der Waals surface area contributed by atoms with E-state index < -0.39 is 31.2 Å². The summed E-state index contributed by atoms with van der Waals surface area (Å²) < 4.78 is 10.8. The fourth-order valence-corrected chi connectivity index (χ4v) is 2.92. The van der Waals surface area contributed by atoms with Crippen molar-refractivity contribution in [2.45, 2.75) is 24.6 Å². The molecule has 4 atom stereocenters. The van der Waals surface area contributed by atoms with Gasteiger partial charge in [0.15, 0.2) is 0 Å². The Balaban J connectivity index is 1.89. The summed E-state index contributed by atoms with van der Waals surface area (Å²) in [5.74, 6) is 0.363. The smallest absolute Gasteiger partial charge is 0.229 e. The van der Waals surface area contributed by atoms with E-state index in [1.54, 1.807) is 18.3 Å². The van der Waals surface area contributed by atoms with E-state index in [-0.39, 0.29) is 0 Å². The summed E-state index contributed by atoms with van der Waals surface area (Å²) in [6.45, 7) is -0.414. The zero-order valence-corrected chi connectivity index (χ0v) is 12.2. The largest absolute Gasteiger partial charge is 0.460 e. The Morgan fingerprint density at radius 3 is 2.67 bits per heavy atom. The van der Waals surface area contributed by atoms with E-state index in [4.69, 9.17) is 37.8 Å². The molecule has 3 rings (SSSR count). The van der Waals surface area contributed by atoms with Gasteiger partial charge in [0.1, 0.15) is 24.1 Å². The minimum absolute atomic E-state index is 0.363. The number of aliphatic hydroxyl groups is 3. The number of hydrogen-bond acceptors (Lipinski definition) is 5. The maximum atomic E-state index is 9.87. The zero-order chi connectivity index (χ0) is 15.1. The Bertz CT molecular complexity index is 661. The van der Waals surface area contributed by atoms with Crippen LogP contribution >= 0.6 is 23.2 Å². The fourth-order valence-electron chi connectivity index (χ4n) is 2.33. The van der Waals surface area contributed by atoms with Crippen LogP contribution in [0.25, 0.3) is 10.9 Å². The van der Waals surface area contributed by atoms with Gasteiger partial charge in [-0.3, -0.25) is 0 Å². The van der Waals surface area contributed by atoms with Gasteiger partial charge in [-0.2, -0.15) is 0 Å². The number of H-pyrrole nitrogens is 1. The van der Waals surface area contributed by atoms with Crippen molar-refractivity contribution in [1.29, 1.82) is 0 Å². The average Bonchev–Trinajstić information content (AvgIpc) is 2.95. The first kappa shape index (κ1) is 14.9. The van der Waals surface area contributed by atoms with Crippen molar-refractivity contribution in [2.24, 2.45) is 0 Å². The molecule has 2 aromatic rings. The molecule has 8 heteroatoms. The second kappa shape index (κ2) is 5.64. The van der Waals surface area contributed by atoms with Crippen LogP contribution in [-0.4, -0.2) is 51.5 Å². The molecule has 2 heterocycles. The highest BCUT2D eigenvalue weighted by Gasteiger charge is 2.44. The SMILES string of the molecule is OC[C@H]1O[C@@H](Oc2c[nH]c3cc(Cl)cc(Cl)c23)C(O)[C@@H]1O. The predicted molar refractivity (Wildman–Crippen MR) is 76.7 cm³/mol. The van der Waals surface area contributed by atoms with Crippen LogP contribution in [0.3, 0.4) is 0 Å². The second-order valence-electron chi connectivity index (χ2n) is 4.79. The third-order valence-corrected chi connectivity index (χ3v) is 3.92. The molecule has 0 aliphatic carbocycles. The molecule has 1 fully saturated rings. The van der Waals surface area contributed by atoms with E-state index in [0.717, 1.165) is 0 Å². The van der Waals surface area contributed by atoms with Crippen LogP contribution < -0.4 is 4.74 Å². The molecule has 114 valence electrons. The molecule has 0 amide bonds. The van der Waals surface area contributed by atoms with Crippen molar-refractivity contribution < 1.29 is 24.8 Å². The standard InChI is InChI=1S/C13H13Cl2NO5/c14-5-1-6(15)10-7(2-5)16-3-8(10)20-13-12(19)11(18)9(4-17)21-13/h1-3,9,11-13,16-19H,4H2/t9-,11-,12?,13-/m1/s1. The van der Waals surface area contributed by atoms with Gasteiger partial charge in [-0.05, 0) is 12.1 Å². The molecule has 1 saturated heterocycles. The summed E-state index contributed by atoms with van der Waals surface area (Å²) in [6, 6.07) is 3.26. The van der Waals surface area contributed by atoms with Gasteiger partial charge in [0.05, 0.1) is 22.5 Å². The lowest BCUT2D eigenvalue weighted by molar-refractivity contribution is -0.115. The van der Waals surface area contributed by atoms with Crippen molar-refractivity contribution in [3.8, 4) is 5.75 Å². The Morgan fingerprint density at radius 1 is 1.24 bits per heavy atom. The molecule has 0 radical (unpaired) electrons. The maximum absolute atomic E-state index is 9.87. The van der Waals surface area contributed by atoms with Crippen molar-refractivity contribution >= 4 is 34.1 Å². The highest BCUT2D eigenvalue weighted by Crippen LogP contribution is 2.36. The Morgan fingerprint density at radius 2 is 2.00 bits per heavy atom. The van der Waals surface area contributed by atoms with Crippen LogP contribution in [0, 0.1) is 0 Å². The number of hydrogen-bond donors (Lipinski definition) is 4. The van der Waals surface area contributed by atoms with E-state index >= 15 is 0 Å². The van der Waals surface area contributed by atoms with E-state index in [0.29, 0.717) is 26.7 Å². The summed E-state index contributed by atoms with van der Waals surface area (Å²) in [5, 5.41) is 30.1. The monoisotopic (exact) mass is 333 g/mol. The number of fused-ring (bicyclic) bond motifs is 1. The van der Waals surface area contributed by atoms with Crippen LogP contribution in [0.2, 0.25) is 10.0 Å². The highest BCUT2D eigenvalue weighted by molar-refractivity contribution is 6.39. The first-order chi connectivity index (χ1) is 10.0. The Kier molecular flexibility index (Phi) is 4.00. The third-order valence-electron chi connectivity index (χ3n) is 3.40. The molecule has 4 N–H and O–H groups in total. The summed E-state index contributed by atoms with van der Waals surface area (Å²) in [5.41, 5.74) is 0.675. The fraction of sp³-hybridized carbons (Fsp3) is 0.385. The average molecular weight is 334 g/mol. The number of aromatic amines is 1. The number of aromatic nitrogens is 1. The minimum atomic E-state index is -1.27. The van der Waals surface area contributed by atoms with Crippen LogP contribution in [0.15, 0.2) is 18.3 Å². The van der Waals surface area contributed by atoms with Crippen molar-refractivity contribution in [3.05, 3.63) is 28.4 Å². The topological polar surface area (TPSA) is 94.9 Å². The first-order valence-corrected chi connectivity index (χ1v) is 7.02. The summed E-state index contributed by atoms with van der Waals surface area (Å²) in [4.78, 5) is 2.95. The van der Waals surface area contributed by atoms with Crippen molar-refractivity contribution in [2.75, 3.05) is 6.61 Å². The van der Waals surface area contributed by atoms with Gasteiger partial charge in [-0.1, -0.05) is 23.2 Å². The van der Waals surface area contributed by atoms with E-state index in [9.17, 15) is 10.2 Å². The third kappa shape index (κ3) is 2.59. The number of ether oxygens (including phenoxy) is 2. The van der Waals surface area contributed by atoms with Gasteiger partial charge in [0, 0.05) is 11.2 Å². The molecule has 0 spiro atoms. The molecule has 0 bridgehead atoms. The molecule has 1 aliphatic rings. The minimum Gasteiger partial charge on any atom is -0.460 e. The molecular formula is C13H13Cl2NO5. The summed E-state index contributed by atoms with van der Waals surface area (Å²) >= 11 is 12.1. The van der Waals surface area contributed by atoms with Crippen molar-refractivity contribution in [3.63, 3.8) is 0 Å². The van der Waals surface area contributed by atoms with Gasteiger partial charge < -0.3 is 29.8 Å². The normalized spacial score (nSPS) is 29.2. The van der Waals surface area contributed by atoms with Gasteiger partial charge in [0.25, 0.3) is 0 Å². The van der Waals surface area contributed by atoms with Gasteiger partial charge in [0.2, 0.25) is 6.29 Å². The van der Waals surface area contributed by atoms with E-state index in [2.05, 4.69) is 4.98 Å². The molecule has 1 unspecified atom stereocenters. The first-order valence-electron chi connectivity index (χ1n) is 6.26. The highest BCUT2D eigenvalue weighted by atomic mass is 35.5. The number of aliphatic hydroxyl groups excluding tert-OH is 3. The Labute approximate surface area is 129 Å². The van der Waals surface area contributed by atoms with Crippen LogP contribution in [0.1, 0.15) is 0 Å². The van der Waals surface area contributed by atoms with Gasteiger partial charge >= 0.3 is 0 Å². The van der Waals surface area contributed by atoms with Crippen LogP contribution in [-0.2, 0) is 4.74 Å². The quantitative estimate of drug-likeness (QED) is 0.679. The number of benzene rings is 1. The predicted octanol–water partition coefficient (Wildman–Crippen LogP) is 1.29. The zero-order valence-electron chi connectivity index (χ0n) is 10.7. The van der Waals surface area contributed by atoms with E-state index in [1.807, 2.05) is 0 Å². The van der Waals surface area contributed by atoms with Gasteiger partial charge in [-0.25, -0.2) is 0 Å². The van der Waals surface area contributed by atoms with Gasteiger partial charge in [-0.15, -0.1) is 0 Å². The molecule has 1 aromatic heterocycles. The molecular weight excluding hydrogens is 321 g/mol. The van der Waals surface area contributed by atoms with E-state index in [1.165, 1.54) is 0 Å². The Hall–Kier alpha value is -1.02. The van der Waals surface area contributed by atoms with Crippen LogP contribution in [0.4, 0.5) is 0 Å². The molecule has 0 saturated carbocycles. The molecule has 1 aromatic carbocycles. The van der Waals surface area contributed by atoms with Crippen LogP contribution in [0.5, 0.6) is 5.75 Å². The molecule has 1 aliphatic heterocycles. The summed E-state index contributed by atoms with van der Waals surface area (Å²) in [6.07, 6.45) is -2.90. The molecule has 6 nitrogen and oxygen atoms in total. The number of rotatable bonds is 3. The lowest BCUT2D eigenvalue weighted by Crippen LogP contribution is -2.35. The van der Waals surface area contributed by atoms with Crippen molar-refractivity contribution in [1.82, 2.24) is 4.98 Å². The second-order valence-corrected chi connectivity index (χ2v) is 5.63. The lowest BCUT2D eigenvalue weighted by Gasteiger charge is -2.16. The number of halogens is 2. The maximum Gasteiger partial charge on any atom is 0.229 e. The lowest BCUT2D eigenvalue weighted by atomic mass is 10.1.